The van der Waals surface area contributed by atoms with Crippen molar-refractivity contribution in [1.29, 1.82) is 0 Å². The van der Waals surface area contributed by atoms with Gasteiger partial charge in [0.15, 0.2) is 0 Å². The molecule has 0 bridgehead atoms. The van der Waals surface area contributed by atoms with Crippen LogP contribution in [0.1, 0.15) is 18.1 Å². The summed E-state index contributed by atoms with van der Waals surface area (Å²) >= 11 is 0. The molecule has 7 nitrogen and oxygen atoms in total. The Hall–Kier alpha value is -3.06. The highest BCUT2D eigenvalue weighted by Gasteiger charge is 2.26. The number of nitrogens with one attached hydrogen (secondary N) is 2. The second kappa shape index (κ2) is 10.3. The van der Waals surface area contributed by atoms with Crippen molar-refractivity contribution < 1.29 is 14.3 Å². The van der Waals surface area contributed by atoms with E-state index in [4.69, 9.17) is 4.74 Å². The smallest absolute Gasteiger partial charge is 0.243 e. The van der Waals surface area contributed by atoms with Crippen LogP contribution in [0.2, 0.25) is 0 Å². The van der Waals surface area contributed by atoms with Crippen LogP contribution >= 0.6 is 0 Å². The van der Waals surface area contributed by atoms with Crippen LogP contribution < -0.4 is 20.3 Å². The molecule has 0 radical (unpaired) electrons. The number of hydrogen-bond acceptors (Lipinski definition) is 5. The number of anilines is 2. The average Bonchev–Trinajstić information content (AvgIpc) is 2.79. The highest BCUT2D eigenvalue weighted by atomic mass is 16.5. The summed E-state index contributed by atoms with van der Waals surface area (Å²) in [5.74, 6) is 0.492. The molecule has 166 valence electrons. The van der Waals surface area contributed by atoms with E-state index in [1.165, 1.54) is 0 Å². The Balaban J connectivity index is 1.45. The van der Waals surface area contributed by atoms with Gasteiger partial charge in [0.25, 0.3) is 0 Å². The molecule has 1 fully saturated rings. The molecule has 31 heavy (non-hydrogen) atoms. The van der Waals surface area contributed by atoms with Gasteiger partial charge in [0.05, 0.1) is 19.7 Å². The van der Waals surface area contributed by atoms with Gasteiger partial charge in [-0.05, 0) is 56.2 Å². The molecule has 1 saturated heterocycles. The van der Waals surface area contributed by atoms with Crippen LogP contribution in [0, 0.1) is 13.8 Å². The molecule has 1 atom stereocenters. The van der Waals surface area contributed by atoms with E-state index < -0.39 is 0 Å². The highest BCUT2D eigenvalue weighted by molar-refractivity contribution is 5.96. The molecule has 0 spiro atoms. The zero-order chi connectivity index (χ0) is 22.4. The fourth-order valence-corrected chi connectivity index (χ4v) is 3.84. The first kappa shape index (κ1) is 22.6. The van der Waals surface area contributed by atoms with Crippen LogP contribution in [-0.2, 0) is 9.59 Å². The lowest BCUT2D eigenvalue weighted by atomic mass is 10.1. The van der Waals surface area contributed by atoms with E-state index >= 15 is 0 Å². The first-order valence-electron chi connectivity index (χ1n) is 10.7. The third-order valence-corrected chi connectivity index (χ3v) is 5.85. The summed E-state index contributed by atoms with van der Waals surface area (Å²) in [4.78, 5) is 29.4. The van der Waals surface area contributed by atoms with Crippen molar-refractivity contribution in [3.63, 3.8) is 0 Å². The van der Waals surface area contributed by atoms with Crippen molar-refractivity contribution >= 4 is 23.2 Å². The standard InChI is InChI=1S/C24H32N4O3/c1-17-6-5-7-18(2)23(17)26-22(29)16-25-24(30)19(3)27-12-14-28(15-13-27)20-8-10-21(31-4)11-9-20/h5-11,19H,12-16H2,1-4H3,(H,25,30)(H,26,29)/t19-/m0/s1. The summed E-state index contributed by atoms with van der Waals surface area (Å²) in [7, 11) is 1.66. The van der Waals surface area contributed by atoms with Gasteiger partial charge in [-0.15, -0.1) is 0 Å². The second-order valence-corrected chi connectivity index (χ2v) is 7.93. The summed E-state index contributed by atoms with van der Waals surface area (Å²) < 4.78 is 5.22. The Bertz CT molecular complexity index is 885. The summed E-state index contributed by atoms with van der Waals surface area (Å²) in [5.41, 5.74) is 3.97. The normalized spacial score (nSPS) is 15.3. The number of para-hydroxylation sites is 1. The van der Waals surface area contributed by atoms with Gasteiger partial charge in [0.1, 0.15) is 5.75 Å². The zero-order valence-electron chi connectivity index (χ0n) is 18.8. The Morgan fingerprint density at radius 1 is 1.00 bits per heavy atom. The molecule has 2 amide bonds. The van der Waals surface area contributed by atoms with E-state index in [2.05, 4.69) is 32.6 Å². The molecule has 1 heterocycles. The summed E-state index contributed by atoms with van der Waals surface area (Å²) in [6, 6.07) is 13.6. The minimum absolute atomic E-state index is 0.0389. The molecule has 0 aliphatic carbocycles. The Morgan fingerprint density at radius 2 is 1.61 bits per heavy atom. The van der Waals surface area contributed by atoms with Crippen molar-refractivity contribution in [2.75, 3.05) is 50.1 Å². The number of aryl methyl sites for hydroxylation is 2. The maximum atomic E-state index is 12.6. The number of ether oxygens (including phenoxy) is 1. The van der Waals surface area contributed by atoms with Gasteiger partial charge in [-0.25, -0.2) is 0 Å². The Morgan fingerprint density at radius 3 is 2.19 bits per heavy atom. The lowest BCUT2D eigenvalue weighted by Gasteiger charge is -2.38. The molecular weight excluding hydrogens is 392 g/mol. The number of hydrogen-bond donors (Lipinski definition) is 2. The monoisotopic (exact) mass is 424 g/mol. The average molecular weight is 425 g/mol. The number of benzene rings is 2. The number of nitrogens with zero attached hydrogens (tertiary/aromatic N) is 2. The van der Waals surface area contributed by atoms with Crippen molar-refractivity contribution in [2.45, 2.75) is 26.8 Å². The molecule has 7 heteroatoms. The van der Waals surface area contributed by atoms with E-state index in [9.17, 15) is 9.59 Å². The molecule has 3 rings (SSSR count). The molecule has 1 aliphatic heterocycles. The number of methoxy groups -OCH3 is 1. The molecule has 1 aliphatic rings. The lowest BCUT2D eigenvalue weighted by molar-refractivity contribution is -0.128. The predicted octanol–water partition coefficient (Wildman–Crippen LogP) is 2.58. The SMILES string of the molecule is COc1ccc(N2CCN([C@@H](C)C(=O)NCC(=O)Nc3c(C)cccc3C)CC2)cc1. The van der Waals surface area contributed by atoms with Crippen molar-refractivity contribution in [3.8, 4) is 5.75 Å². The topological polar surface area (TPSA) is 73.9 Å². The van der Waals surface area contributed by atoms with Gasteiger partial charge in [0.2, 0.25) is 11.8 Å². The first-order valence-corrected chi connectivity index (χ1v) is 10.7. The number of carbonyl (C=O) groups is 2. The predicted molar refractivity (Wildman–Crippen MR) is 124 cm³/mol. The van der Waals surface area contributed by atoms with Crippen LogP contribution in [0.4, 0.5) is 11.4 Å². The highest BCUT2D eigenvalue weighted by Crippen LogP contribution is 2.21. The summed E-state index contributed by atoms with van der Waals surface area (Å²) in [6.07, 6.45) is 0. The van der Waals surface area contributed by atoms with E-state index in [1.54, 1.807) is 7.11 Å². The van der Waals surface area contributed by atoms with Crippen LogP contribution in [0.25, 0.3) is 0 Å². The third kappa shape index (κ3) is 5.76. The molecule has 2 aromatic carbocycles. The lowest BCUT2D eigenvalue weighted by Crippen LogP contribution is -2.54. The van der Waals surface area contributed by atoms with Gasteiger partial charge < -0.3 is 20.3 Å². The van der Waals surface area contributed by atoms with Gasteiger partial charge in [-0.1, -0.05) is 18.2 Å². The first-order chi connectivity index (χ1) is 14.9. The fourth-order valence-electron chi connectivity index (χ4n) is 3.84. The number of piperazine rings is 1. The molecular formula is C24H32N4O3. The summed E-state index contributed by atoms with van der Waals surface area (Å²) in [6.45, 7) is 9.02. The molecule has 2 N–H and O–H groups in total. The Labute approximate surface area is 184 Å². The molecule has 0 unspecified atom stereocenters. The fraction of sp³-hybridized carbons (Fsp3) is 0.417. The minimum Gasteiger partial charge on any atom is -0.497 e. The summed E-state index contributed by atoms with van der Waals surface area (Å²) in [5, 5.41) is 5.68. The van der Waals surface area contributed by atoms with Gasteiger partial charge >= 0.3 is 0 Å². The van der Waals surface area contributed by atoms with Crippen LogP contribution in [-0.4, -0.2) is 62.6 Å². The number of amides is 2. The van der Waals surface area contributed by atoms with Crippen LogP contribution in [0.5, 0.6) is 5.75 Å². The second-order valence-electron chi connectivity index (χ2n) is 7.93. The zero-order valence-corrected chi connectivity index (χ0v) is 18.8. The largest absolute Gasteiger partial charge is 0.497 e. The van der Waals surface area contributed by atoms with E-state index in [1.807, 2.05) is 51.1 Å². The third-order valence-electron chi connectivity index (χ3n) is 5.85. The van der Waals surface area contributed by atoms with Gasteiger partial charge in [-0.3, -0.25) is 14.5 Å². The van der Waals surface area contributed by atoms with Crippen molar-refractivity contribution in [3.05, 3.63) is 53.6 Å². The Kier molecular flexibility index (Phi) is 7.52. The van der Waals surface area contributed by atoms with Crippen LogP contribution in [0.3, 0.4) is 0 Å². The van der Waals surface area contributed by atoms with Crippen LogP contribution in [0.15, 0.2) is 42.5 Å². The number of carbonyl (C=O) groups excluding carboxylic acids is 2. The molecule has 2 aromatic rings. The quantitative estimate of drug-likeness (QED) is 0.715. The van der Waals surface area contributed by atoms with E-state index in [0.717, 1.165) is 54.4 Å². The minimum atomic E-state index is -0.286. The van der Waals surface area contributed by atoms with E-state index in [-0.39, 0.29) is 24.4 Å². The van der Waals surface area contributed by atoms with Gasteiger partial charge in [-0.2, -0.15) is 0 Å². The maximum Gasteiger partial charge on any atom is 0.243 e. The number of rotatable bonds is 7. The van der Waals surface area contributed by atoms with Crippen molar-refractivity contribution in [2.24, 2.45) is 0 Å². The van der Waals surface area contributed by atoms with Gasteiger partial charge in [0, 0.05) is 37.6 Å². The van der Waals surface area contributed by atoms with E-state index in [0.29, 0.717) is 0 Å². The molecule has 0 aromatic heterocycles. The maximum absolute atomic E-state index is 12.6. The molecule has 0 saturated carbocycles. The van der Waals surface area contributed by atoms with Crippen molar-refractivity contribution in [1.82, 2.24) is 10.2 Å².